The van der Waals surface area contributed by atoms with Crippen LogP contribution in [0.3, 0.4) is 0 Å². The zero-order valence-electron chi connectivity index (χ0n) is 18.8. The van der Waals surface area contributed by atoms with Gasteiger partial charge in [0.2, 0.25) is 0 Å². The Bertz CT molecular complexity index is 668. The van der Waals surface area contributed by atoms with E-state index < -0.39 is 16.0 Å². The third-order valence-corrected chi connectivity index (χ3v) is 12.7. The van der Waals surface area contributed by atoms with Crippen molar-refractivity contribution in [3.05, 3.63) is 60.7 Å². The predicted octanol–water partition coefficient (Wildman–Crippen LogP) is 7.51. The molecular formula is C27H39PSi. The minimum Gasteiger partial charge on any atom is -0.131 e. The molecule has 0 saturated heterocycles. The van der Waals surface area contributed by atoms with Crippen molar-refractivity contribution in [2.45, 2.75) is 77.4 Å². The lowest BCUT2D eigenvalue weighted by Crippen LogP contribution is -2.32. The van der Waals surface area contributed by atoms with Gasteiger partial charge in [-0.1, -0.05) is 120 Å². The Morgan fingerprint density at radius 3 is 1.45 bits per heavy atom. The van der Waals surface area contributed by atoms with Gasteiger partial charge >= 0.3 is 0 Å². The van der Waals surface area contributed by atoms with E-state index in [1.807, 2.05) is 0 Å². The Kier molecular flexibility index (Phi) is 11.4. The van der Waals surface area contributed by atoms with E-state index in [1.54, 1.807) is 0 Å². The van der Waals surface area contributed by atoms with Crippen molar-refractivity contribution in [1.82, 2.24) is 0 Å². The molecule has 2 aromatic carbocycles. The monoisotopic (exact) mass is 422 g/mol. The molecule has 0 aliphatic heterocycles. The van der Waals surface area contributed by atoms with Gasteiger partial charge in [0.15, 0.2) is 0 Å². The topological polar surface area (TPSA) is 0 Å². The third kappa shape index (κ3) is 8.12. The summed E-state index contributed by atoms with van der Waals surface area (Å²) in [7, 11) is -1.87. The molecule has 0 atom stereocenters. The molecule has 0 aliphatic carbocycles. The van der Waals surface area contributed by atoms with Crippen LogP contribution in [0.1, 0.15) is 59.3 Å². The highest BCUT2D eigenvalue weighted by atomic mass is 31.1. The van der Waals surface area contributed by atoms with Crippen LogP contribution in [0, 0.1) is 11.5 Å². The summed E-state index contributed by atoms with van der Waals surface area (Å²) in [6.45, 7) is 6.99. The van der Waals surface area contributed by atoms with Crippen LogP contribution in [0.4, 0.5) is 0 Å². The summed E-state index contributed by atoms with van der Waals surface area (Å²) < 4.78 is 0. The maximum atomic E-state index is 4.01. The van der Waals surface area contributed by atoms with Crippen molar-refractivity contribution in [1.29, 1.82) is 0 Å². The van der Waals surface area contributed by atoms with Gasteiger partial charge in [-0.2, -0.15) is 0 Å². The SMILES string of the molecule is CCCC[Si](C#CCP(c1ccccc1)c1ccccc1)(CCCC)CCCC. The quantitative estimate of drug-likeness (QED) is 0.189. The number of hydrogen-bond acceptors (Lipinski definition) is 0. The zero-order chi connectivity index (χ0) is 20.8. The Morgan fingerprint density at radius 2 is 1.07 bits per heavy atom. The lowest BCUT2D eigenvalue weighted by atomic mass is 10.4. The molecule has 2 aromatic rings. The Hall–Kier alpha value is -1.35. The molecule has 29 heavy (non-hydrogen) atoms. The molecule has 0 N–H and O–H groups in total. The van der Waals surface area contributed by atoms with Gasteiger partial charge in [-0.3, -0.25) is 0 Å². The first-order valence-corrected chi connectivity index (χ1v) is 15.8. The molecule has 0 saturated carbocycles. The fourth-order valence-corrected chi connectivity index (χ4v) is 10.8. The fraction of sp³-hybridized carbons (Fsp3) is 0.481. The van der Waals surface area contributed by atoms with Gasteiger partial charge in [0.1, 0.15) is 8.07 Å². The summed E-state index contributed by atoms with van der Waals surface area (Å²) in [5, 5.41) is 2.90. The standard InChI is InChI=1S/C27H39PSi/c1-4-7-22-29(23-8-5-2,24-9-6-3)25-16-21-28(26-17-12-10-13-18-26)27-19-14-11-15-20-27/h10-15,17-20H,4-9,21-24H2,1-3H3. The maximum absolute atomic E-state index is 4.01. The van der Waals surface area contributed by atoms with Gasteiger partial charge in [-0.25, -0.2) is 0 Å². The van der Waals surface area contributed by atoms with Crippen molar-refractivity contribution in [3.63, 3.8) is 0 Å². The van der Waals surface area contributed by atoms with E-state index in [4.69, 9.17) is 0 Å². The van der Waals surface area contributed by atoms with Crippen LogP contribution in [-0.4, -0.2) is 14.2 Å². The van der Waals surface area contributed by atoms with Crippen LogP contribution in [0.25, 0.3) is 0 Å². The molecule has 0 heterocycles. The average Bonchev–Trinajstić information content (AvgIpc) is 2.78. The van der Waals surface area contributed by atoms with Gasteiger partial charge in [-0.15, -0.1) is 11.5 Å². The highest BCUT2D eigenvalue weighted by Gasteiger charge is 2.29. The van der Waals surface area contributed by atoms with E-state index in [1.165, 1.54) is 67.3 Å². The first-order chi connectivity index (χ1) is 14.2. The molecule has 0 unspecified atom stereocenters. The van der Waals surface area contributed by atoms with Crippen LogP contribution in [0.2, 0.25) is 18.1 Å². The van der Waals surface area contributed by atoms with E-state index >= 15 is 0 Å². The molecule has 0 spiro atoms. The summed E-state index contributed by atoms with van der Waals surface area (Å²) in [5.74, 6) is 3.79. The van der Waals surface area contributed by atoms with E-state index in [9.17, 15) is 0 Å². The maximum Gasteiger partial charge on any atom is 0.138 e. The lowest BCUT2D eigenvalue weighted by molar-refractivity contribution is 0.802. The summed E-state index contributed by atoms with van der Waals surface area (Å²) in [5.41, 5.74) is 4.01. The molecule has 0 radical (unpaired) electrons. The molecule has 2 heteroatoms. The molecule has 2 rings (SSSR count). The van der Waals surface area contributed by atoms with Crippen LogP contribution in [0.5, 0.6) is 0 Å². The minimum atomic E-state index is -1.48. The van der Waals surface area contributed by atoms with E-state index in [0.717, 1.165) is 6.16 Å². The average molecular weight is 423 g/mol. The van der Waals surface area contributed by atoms with Crippen molar-refractivity contribution in [2.75, 3.05) is 6.16 Å². The van der Waals surface area contributed by atoms with Gasteiger partial charge in [0.05, 0.1) is 0 Å². The van der Waals surface area contributed by atoms with Crippen LogP contribution in [0.15, 0.2) is 60.7 Å². The van der Waals surface area contributed by atoms with Crippen molar-refractivity contribution in [3.8, 4) is 11.5 Å². The first-order valence-electron chi connectivity index (χ1n) is 11.6. The highest BCUT2D eigenvalue weighted by molar-refractivity contribution is 7.73. The smallest absolute Gasteiger partial charge is 0.131 e. The van der Waals surface area contributed by atoms with E-state index in [0.29, 0.717) is 0 Å². The fourth-order valence-electron chi connectivity index (χ4n) is 3.96. The van der Waals surface area contributed by atoms with Crippen LogP contribution in [-0.2, 0) is 0 Å². The highest BCUT2D eigenvalue weighted by Crippen LogP contribution is 2.33. The molecule has 0 aromatic heterocycles. The zero-order valence-corrected chi connectivity index (χ0v) is 20.7. The van der Waals surface area contributed by atoms with Crippen molar-refractivity contribution in [2.24, 2.45) is 0 Å². The van der Waals surface area contributed by atoms with Crippen molar-refractivity contribution < 1.29 is 0 Å². The second-order valence-electron chi connectivity index (χ2n) is 8.15. The Labute approximate surface area is 182 Å². The molecule has 0 amide bonds. The minimum absolute atomic E-state index is 0.394. The van der Waals surface area contributed by atoms with Gasteiger partial charge in [0, 0.05) is 6.16 Å². The Balaban J connectivity index is 2.27. The van der Waals surface area contributed by atoms with Gasteiger partial charge in [-0.05, 0) is 36.7 Å². The van der Waals surface area contributed by atoms with Crippen LogP contribution >= 0.6 is 7.92 Å². The Morgan fingerprint density at radius 1 is 0.655 bits per heavy atom. The summed E-state index contributed by atoms with van der Waals surface area (Å²) in [6.07, 6.45) is 8.99. The first kappa shape index (κ1) is 23.9. The van der Waals surface area contributed by atoms with Gasteiger partial charge < -0.3 is 0 Å². The summed E-state index contributed by atoms with van der Waals surface area (Å²) in [6, 6.07) is 26.3. The number of rotatable bonds is 12. The van der Waals surface area contributed by atoms with Gasteiger partial charge in [0.25, 0.3) is 0 Å². The van der Waals surface area contributed by atoms with Crippen molar-refractivity contribution >= 4 is 26.6 Å². The molecular weight excluding hydrogens is 383 g/mol. The van der Waals surface area contributed by atoms with Crippen LogP contribution < -0.4 is 10.6 Å². The summed E-state index contributed by atoms with van der Waals surface area (Å²) >= 11 is 0. The number of hydrogen-bond donors (Lipinski definition) is 0. The molecule has 156 valence electrons. The summed E-state index contributed by atoms with van der Waals surface area (Å²) in [4.78, 5) is 0. The normalized spacial score (nSPS) is 11.3. The van der Waals surface area contributed by atoms with E-state index in [2.05, 4.69) is 92.9 Å². The molecule has 0 fully saturated rings. The lowest BCUT2D eigenvalue weighted by Gasteiger charge is -2.26. The number of unbranched alkanes of at least 4 members (excludes halogenated alkanes) is 3. The largest absolute Gasteiger partial charge is 0.138 e. The number of benzene rings is 2. The third-order valence-electron chi connectivity index (χ3n) is 5.75. The molecule has 0 bridgehead atoms. The molecule has 0 aliphatic rings. The second kappa shape index (κ2) is 13.8. The van der Waals surface area contributed by atoms with E-state index in [-0.39, 0.29) is 0 Å². The predicted molar refractivity (Wildman–Crippen MR) is 137 cm³/mol. The molecule has 0 nitrogen and oxygen atoms in total. The second-order valence-corrected chi connectivity index (χ2v) is 14.7.